The van der Waals surface area contributed by atoms with Gasteiger partial charge < -0.3 is 9.52 Å². The van der Waals surface area contributed by atoms with E-state index in [-0.39, 0.29) is 5.75 Å². The Morgan fingerprint density at radius 2 is 1.96 bits per heavy atom. The first-order chi connectivity index (χ1) is 12.5. The number of benzene rings is 2. The molecule has 134 valence electrons. The summed E-state index contributed by atoms with van der Waals surface area (Å²) in [6, 6.07) is 13.0. The van der Waals surface area contributed by atoms with E-state index < -0.39 is 5.63 Å². The van der Waals surface area contributed by atoms with Crippen LogP contribution in [0.5, 0.6) is 5.75 Å². The lowest BCUT2D eigenvalue weighted by atomic mass is 9.98. The van der Waals surface area contributed by atoms with Crippen molar-refractivity contribution in [2.24, 2.45) is 5.10 Å². The number of hydrazone groups is 1. The van der Waals surface area contributed by atoms with Gasteiger partial charge in [-0.05, 0) is 44.0 Å². The molecule has 3 rings (SSSR count). The van der Waals surface area contributed by atoms with Crippen LogP contribution in [0.2, 0.25) is 0 Å². The first-order valence-corrected chi connectivity index (χ1v) is 8.66. The molecule has 0 saturated carbocycles. The van der Waals surface area contributed by atoms with Crippen molar-refractivity contribution in [2.45, 2.75) is 33.6 Å². The molecule has 0 unspecified atom stereocenters. The van der Waals surface area contributed by atoms with Crippen molar-refractivity contribution in [3.63, 3.8) is 0 Å². The third-order valence-corrected chi connectivity index (χ3v) is 4.36. The van der Waals surface area contributed by atoms with Crippen LogP contribution in [0, 0.1) is 6.92 Å². The summed E-state index contributed by atoms with van der Waals surface area (Å²) in [5.41, 5.74) is 6.62. The van der Waals surface area contributed by atoms with Crippen molar-refractivity contribution >= 4 is 22.4 Å². The maximum Gasteiger partial charge on any atom is 0.336 e. The fraction of sp³-hybridized carbons (Fsp3) is 0.238. The predicted octanol–water partition coefficient (Wildman–Crippen LogP) is 4.60. The molecular weight excluding hydrogens is 328 g/mol. The fourth-order valence-corrected chi connectivity index (χ4v) is 2.98. The summed E-state index contributed by atoms with van der Waals surface area (Å²) in [5.74, 6) is 0.0745. The highest BCUT2D eigenvalue weighted by atomic mass is 16.4. The molecule has 0 aliphatic heterocycles. The number of hydrogen-bond acceptors (Lipinski definition) is 5. The summed E-state index contributed by atoms with van der Waals surface area (Å²) >= 11 is 0. The van der Waals surface area contributed by atoms with E-state index in [2.05, 4.69) is 17.5 Å². The van der Waals surface area contributed by atoms with Crippen LogP contribution in [0.1, 0.15) is 37.0 Å². The van der Waals surface area contributed by atoms with Crippen LogP contribution in [0.3, 0.4) is 0 Å². The lowest BCUT2D eigenvalue weighted by Crippen LogP contribution is -2.05. The van der Waals surface area contributed by atoms with Crippen LogP contribution in [-0.2, 0) is 6.42 Å². The third kappa shape index (κ3) is 3.47. The van der Waals surface area contributed by atoms with E-state index in [1.165, 1.54) is 6.07 Å². The average Bonchev–Trinajstić information content (AvgIpc) is 2.64. The molecule has 0 saturated heterocycles. The predicted molar refractivity (Wildman–Crippen MR) is 105 cm³/mol. The molecular formula is C21H22N2O3. The number of aryl methyl sites for hydroxylation is 2. The van der Waals surface area contributed by atoms with Gasteiger partial charge in [-0.15, -0.1) is 0 Å². The molecule has 0 spiro atoms. The minimum Gasteiger partial charge on any atom is -0.507 e. The Morgan fingerprint density at radius 3 is 2.65 bits per heavy atom. The number of aromatic hydroxyl groups is 1. The number of phenolic OH excluding ortho intramolecular Hbond substituents is 1. The van der Waals surface area contributed by atoms with Gasteiger partial charge in [-0.25, -0.2) is 4.79 Å². The number of fused-ring (bicyclic) bond motifs is 1. The van der Waals surface area contributed by atoms with Gasteiger partial charge in [0.2, 0.25) is 0 Å². The van der Waals surface area contributed by atoms with E-state index >= 15 is 0 Å². The molecule has 26 heavy (non-hydrogen) atoms. The van der Waals surface area contributed by atoms with Gasteiger partial charge in [-0.2, -0.15) is 5.10 Å². The zero-order valence-electron chi connectivity index (χ0n) is 15.2. The van der Waals surface area contributed by atoms with Crippen molar-refractivity contribution in [3.05, 3.63) is 69.6 Å². The zero-order chi connectivity index (χ0) is 18.7. The fourth-order valence-electron chi connectivity index (χ4n) is 2.98. The number of anilines is 1. The summed E-state index contributed by atoms with van der Waals surface area (Å²) in [6.07, 6.45) is 1.68. The van der Waals surface area contributed by atoms with E-state index in [4.69, 9.17) is 4.42 Å². The summed E-state index contributed by atoms with van der Waals surface area (Å²) in [5, 5.41) is 15.8. The van der Waals surface area contributed by atoms with Gasteiger partial charge in [-0.1, -0.05) is 31.5 Å². The largest absolute Gasteiger partial charge is 0.507 e. The van der Waals surface area contributed by atoms with Crippen molar-refractivity contribution in [1.82, 2.24) is 0 Å². The Morgan fingerprint density at radius 1 is 1.23 bits per heavy atom. The third-order valence-electron chi connectivity index (χ3n) is 4.36. The maximum atomic E-state index is 11.8. The summed E-state index contributed by atoms with van der Waals surface area (Å²) in [6.45, 7) is 5.64. The zero-order valence-corrected chi connectivity index (χ0v) is 15.2. The van der Waals surface area contributed by atoms with Gasteiger partial charge >= 0.3 is 5.63 Å². The second kappa shape index (κ2) is 7.44. The van der Waals surface area contributed by atoms with Gasteiger partial charge in [0.1, 0.15) is 11.3 Å². The Hall–Kier alpha value is -3.08. The highest BCUT2D eigenvalue weighted by molar-refractivity contribution is 6.05. The van der Waals surface area contributed by atoms with Crippen LogP contribution in [0.4, 0.5) is 5.69 Å². The first kappa shape index (κ1) is 17.7. The molecule has 0 fully saturated rings. The Balaban J connectivity index is 2.11. The van der Waals surface area contributed by atoms with E-state index in [0.717, 1.165) is 29.5 Å². The second-order valence-electron chi connectivity index (χ2n) is 6.29. The van der Waals surface area contributed by atoms with Crippen molar-refractivity contribution in [2.75, 3.05) is 5.43 Å². The van der Waals surface area contributed by atoms with E-state index in [1.807, 2.05) is 43.3 Å². The molecule has 0 aliphatic carbocycles. The van der Waals surface area contributed by atoms with Gasteiger partial charge in [0.25, 0.3) is 0 Å². The van der Waals surface area contributed by atoms with Crippen LogP contribution < -0.4 is 11.1 Å². The van der Waals surface area contributed by atoms with E-state index in [9.17, 15) is 9.90 Å². The molecule has 0 atom stereocenters. The molecule has 1 aromatic heterocycles. The molecule has 0 aliphatic rings. The van der Waals surface area contributed by atoms with Crippen molar-refractivity contribution < 1.29 is 9.52 Å². The molecule has 0 bridgehead atoms. The summed E-state index contributed by atoms with van der Waals surface area (Å²) in [4.78, 5) is 11.8. The first-order valence-electron chi connectivity index (χ1n) is 8.66. The minimum atomic E-state index is -0.396. The molecule has 5 nitrogen and oxygen atoms in total. The molecule has 2 N–H and O–H groups in total. The topological polar surface area (TPSA) is 74.8 Å². The smallest absolute Gasteiger partial charge is 0.336 e. The lowest BCUT2D eigenvalue weighted by molar-refractivity contribution is 0.467. The van der Waals surface area contributed by atoms with Crippen LogP contribution in [-0.4, -0.2) is 10.8 Å². The SMILES string of the molecule is CCCc1cc(=O)oc2c(C)c(O)c(/C(C)=N/Nc3ccccc3)cc12. The lowest BCUT2D eigenvalue weighted by Gasteiger charge is -2.12. The second-order valence-corrected chi connectivity index (χ2v) is 6.29. The number of para-hydroxylation sites is 1. The van der Waals surface area contributed by atoms with E-state index in [0.29, 0.717) is 22.4 Å². The maximum absolute atomic E-state index is 11.8. The van der Waals surface area contributed by atoms with E-state index in [1.54, 1.807) is 6.92 Å². The molecule has 1 heterocycles. The van der Waals surface area contributed by atoms with Gasteiger partial charge in [-0.3, -0.25) is 5.43 Å². The Labute approximate surface area is 152 Å². The number of nitrogens with zero attached hydrogens (tertiary/aromatic N) is 1. The van der Waals surface area contributed by atoms with Crippen molar-refractivity contribution in [1.29, 1.82) is 0 Å². The van der Waals surface area contributed by atoms with Crippen LogP contribution in [0.25, 0.3) is 11.0 Å². The monoisotopic (exact) mass is 350 g/mol. The normalized spacial score (nSPS) is 11.7. The quantitative estimate of drug-likeness (QED) is 0.401. The highest BCUT2D eigenvalue weighted by Gasteiger charge is 2.16. The molecule has 3 aromatic rings. The van der Waals surface area contributed by atoms with Gasteiger partial charge in [0, 0.05) is 22.6 Å². The molecule has 5 heteroatoms. The number of rotatable bonds is 5. The standard InChI is InChI=1S/C21H22N2O3/c1-4-8-15-11-19(24)26-21-13(2)20(25)17(12-18(15)21)14(3)22-23-16-9-6-5-7-10-16/h5-7,9-12,23,25H,4,8H2,1-3H3/b22-14+. The Bertz CT molecular complexity index is 1020. The number of phenols is 1. The summed E-state index contributed by atoms with van der Waals surface area (Å²) < 4.78 is 5.35. The number of hydrogen-bond donors (Lipinski definition) is 2. The average molecular weight is 350 g/mol. The highest BCUT2D eigenvalue weighted by Crippen LogP contribution is 2.32. The van der Waals surface area contributed by atoms with Crippen LogP contribution >= 0.6 is 0 Å². The molecule has 0 amide bonds. The molecule has 0 radical (unpaired) electrons. The van der Waals surface area contributed by atoms with Crippen LogP contribution in [0.15, 0.2) is 56.8 Å². The Kier molecular flexibility index (Phi) is 5.07. The number of nitrogens with one attached hydrogen (secondary N) is 1. The summed E-state index contributed by atoms with van der Waals surface area (Å²) in [7, 11) is 0. The van der Waals surface area contributed by atoms with Gasteiger partial charge in [0.15, 0.2) is 0 Å². The molecule has 2 aromatic carbocycles. The van der Waals surface area contributed by atoms with Gasteiger partial charge in [0.05, 0.1) is 11.4 Å². The minimum absolute atomic E-state index is 0.0745. The van der Waals surface area contributed by atoms with Crippen molar-refractivity contribution in [3.8, 4) is 5.75 Å².